The van der Waals surface area contributed by atoms with Crippen molar-refractivity contribution in [3.8, 4) is 0 Å². The molecule has 0 N–H and O–H groups in total. The molecule has 0 saturated carbocycles. The lowest BCUT2D eigenvalue weighted by Crippen LogP contribution is -2.40. The SMILES string of the molecule is Cc1ccc(S(=O)(=O)N2CCOCC2)cc1C(=O)N(CCN(C)C)Cc1ccc(F)cc1. The monoisotopic (exact) mass is 463 g/mol. The van der Waals surface area contributed by atoms with E-state index in [-0.39, 0.29) is 16.6 Å². The average Bonchev–Trinajstić information content (AvgIpc) is 2.78. The van der Waals surface area contributed by atoms with Crippen LogP contribution in [0.15, 0.2) is 47.4 Å². The zero-order valence-electron chi connectivity index (χ0n) is 18.8. The highest BCUT2D eigenvalue weighted by Gasteiger charge is 2.28. The summed E-state index contributed by atoms with van der Waals surface area (Å²) in [4.78, 5) is 17.2. The molecule has 2 aromatic carbocycles. The van der Waals surface area contributed by atoms with E-state index in [4.69, 9.17) is 4.74 Å². The fourth-order valence-electron chi connectivity index (χ4n) is 3.48. The summed E-state index contributed by atoms with van der Waals surface area (Å²) in [6.45, 7) is 4.46. The molecule has 1 fully saturated rings. The molecule has 1 saturated heterocycles. The third kappa shape index (κ3) is 5.92. The van der Waals surface area contributed by atoms with E-state index in [2.05, 4.69) is 0 Å². The summed E-state index contributed by atoms with van der Waals surface area (Å²) in [7, 11) is 0.119. The highest BCUT2D eigenvalue weighted by molar-refractivity contribution is 7.89. The van der Waals surface area contributed by atoms with Gasteiger partial charge in [0.2, 0.25) is 10.0 Å². The van der Waals surface area contributed by atoms with Crippen LogP contribution in [0.1, 0.15) is 21.5 Å². The molecule has 7 nitrogen and oxygen atoms in total. The largest absolute Gasteiger partial charge is 0.379 e. The molecule has 1 aliphatic rings. The number of likely N-dealkylation sites (N-methyl/N-ethyl adjacent to an activating group) is 1. The molecule has 9 heteroatoms. The summed E-state index contributed by atoms with van der Waals surface area (Å²) in [6.07, 6.45) is 0. The molecule has 0 unspecified atom stereocenters. The van der Waals surface area contributed by atoms with Gasteiger partial charge in [0, 0.05) is 38.3 Å². The van der Waals surface area contributed by atoms with E-state index in [1.165, 1.54) is 22.5 Å². The summed E-state index contributed by atoms with van der Waals surface area (Å²) >= 11 is 0. The Morgan fingerprint density at radius 3 is 2.34 bits per heavy atom. The van der Waals surface area contributed by atoms with Gasteiger partial charge in [-0.1, -0.05) is 18.2 Å². The van der Waals surface area contributed by atoms with Gasteiger partial charge in [-0.3, -0.25) is 4.79 Å². The Hall–Kier alpha value is -2.33. The summed E-state index contributed by atoms with van der Waals surface area (Å²) < 4.78 is 46.1. The van der Waals surface area contributed by atoms with Crippen molar-refractivity contribution in [1.82, 2.24) is 14.1 Å². The molecule has 2 aromatic rings. The van der Waals surface area contributed by atoms with E-state index in [0.717, 1.165) is 5.56 Å². The van der Waals surface area contributed by atoms with Crippen LogP contribution < -0.4 is 0 Å². The second-order valence-corrected chi connectivity index (χ2v) is 10.1. The number of hydrogen-bond acceptors (Lipinski definition) is 5. The number of halogens is 1. The Kier molecular flexibility index (Phi) is 8.00. The fraction of sp³-hybridized carbons (Fsp3) is 0.435. The smallest absolute Gasteiger partial charge is 0.254 e. The molecule has 0 spiro atoms. The number of carbonyl (C=O) groups excluding carboxylic acids is 1. The molecule has 0 bridgehead atoms. The molecule has 0 radical (unpaired) electrons. The van der Waals surface area contributed by atoms with Crippen LogP contribution in [0.5, 0.6) is 0 Å². The van der Waals surface area contributed by atoms with Gasteiger partial charge in [0.15, 0.2) is 0 Å². The minimum absolute atomic E-state index is 0.0997. The van der Waals surface area contributed by atoms with Crippen LogP contribution in [0.4, 0.5) is 4.39 Å². The van der Waals surface area contributed by atoms with E-state index < -0.39 is 10.0 Å². The molecule has 1 heterocycles. The number of ether oxygens (including phenoxy) is 1. The van der Waals surface area contributed by atoms with E-state index >= 15 is 0 Å². The normalized spacial score (nSPS) is 15.2. The third-order valence-corrected chi connectivity index (χ3v) is 7.33. The quantitative estimate of drug-likeness (QED) is 0.601. The predicted octanol–water partition coefficient (Wildman–Crippen LogP) is 2.36. The Morgan fingerprint density at radius 1 is 1.06 bits per heavy atom. The lowest BCUT2D eigenvalue weighted by molar-refractivity contribution is 0.0726. The lowest BCUT2D eigenvalue weighted by atomic mass is 10.1. The molecular weight excluding hydrogens is 433 g/mol. The van der Waals surface area contributed by atoms with Gasteiger partial charge in [0.1, 0.15) is 5.82 Å². The van der Waals surface area contributed by atoms with Crippen LogP contribution >= 0.6 is 0 Å². The minimum atomic E-state index is -3.72. The molecule has 32 heavy (non-hydrogen) atoms. The Balaban J connectivity index is 1.90. The molecule has 1 aliphatic heterocycles. The van der Waals surface area contributed by atoms with E-state index in [9.17, 15) is 17.6 Å². The summed E-state index contributed by atoms with van der Waals surface area (Å²) in [5, 5.41) is 0. The van der Waals surface area contributed by atoms with Crippen LogP contribution in [0.2, 0.25) is 0 Å². The van der Waals surface area contributed by atoms with E-state index in [1.807, 2.05) is 19.0 Å². The van der Waals surface area contributed by atoms with Gasteiger partial charge in [0.25, 0.3) is 5.91 Å². The summed E-state index contributed by atoms with van der Waals surface area (Å²) in [6, 6.07) is 10.7. The number of morpholine rings is 1. The first kappa shape index (κ1) is 24.3. The van der Waals surface area contributed by atoms with E-state index in [1.54, 1.807) is 36.1 Å². The van der Waals surface area contributed by atoms with Gasteiger partial charge in [-0.2, -0.15) is 4.31 Å². The molecular formula is C23H30FN3O4S. The van der Waals surface area contributed by atoms with Crippen molar-refractivity contribution in [2.24, 2.45) is 0 Å². The Labute approximate surface area is 189 Å². The maximum Gasteiger partial charge on any atom is 0.254 e. The summed E-state index contributed by atoms with van der Waals surface area (Å²) in [5.74, 6) is -0.593. The van der Waals surface area contributed by atoms with Gasteiger partial charge in [-0.25, -0.2) is 12.8 Å². The van der Waals surface area contributed by atoms with Crippen LogP contribution in [0.25, 0.3) is 0 Å². The molecule has 0 aliphatic carbocycles. The van der Waals surface area contributed by atoms with Gasteiger partial charge in [-0.05, 0) is 56.4 Å². The highest BCUT2D eigenvalue weighted by atomic mass is 32.2. The first-order valence-corrected chi connectivity index (χ1v) is 12.0. The van der Waals surface area contributed by atoms with Crippen LogP contribution in [0.3, 0.4) is 0 Å². The van der Waals surface area contributed by atoms with Crippen molar-refractivity contribution >= 4 is 15.9 Å². The second-order valence-electron chi connectivity index (χ2n) is 8.15. The third-order valence-electron chi connectivity index (χ3n) is 5.44. The number of rotatable bonds is 8. The minimum Gasteiger partial charge on any atom is -0.379 e. The number of amides is 1. The van der Waals surface area contributed by atoms with Crippen molar-refractivity contribution < 1.29 is 22.3 Å². The van der Waals surface area contributed by atoms with Crippen molar-refractivity contribution in [2.45, 2.75) is 18.4 Å². The second kappa shape index (κ2) is 10.5. The molecule has 1 amide bonds. The zero-order valence-corrected chi connectivity index (χ0v) is 19.6. The number of aryl methyl sites for hydroxylation is 1. The topological polar surface area (TPSA) is 70.2 Å². The van der Waals surface area contributed by atoms with Gasteiger partial charge >= 0.3 is 0 Å². The Morgan fingerprint density at radius 2 is 1.72 bits per heavy atom. The molecule has 174 valence electrons. The number of nitrogens with zero attached hydrogens (tertiary/aromatic N) is 3. The molecule has 3 rings (SSSR count). The number of hydrogen-bond donors (Lipinski definition) is 0. The fourth-order valence-corrected chi connectivity index (χ4v) is 4.92. The standard InChI is InChI=1S/C23H30FN3O4S/c1-18-4-9-21(32(29,30)27-12-14-31-15-13-27)16-22(18)23(28)26(11-10-25(2)3)17-19-5-7-20(24)8-6-19/h4-9,16H,10-15,17H2,1-3H3. The van der Waals surface area contributed by atoms with Crippen molar-refractivity contribution in [1.29, 1.82) is 0 Å². The summed E-state index contributed by atoms with van der Waals surface area (Å²) in [5.41, 5.74) is 1.85. The first-order valence-electron chi connectivity index (χ1n) is 10.6. The Bertz CT molecular complexity index is 1040. The average molecular weight is 464 g/mol. The number of benzene rings is 2. The number of carbonyl (C=O) groups is 1. The molecule has 0 aromatic heterocycles. The zero-order chi connectivity index (χ0) is 23.3. The maximum absolute atomic E-state index is 13.5. The van der Waals surface area contributed by atoms with Crippen LogP contribution in [-0.4, -0.2) is 81.9 Å². The van der Waals surface area contributed by atoms with Gasteiger partial charge in [-0.15, -0.1) is 0 Å². The highest BCUT2D eigenvalue weighted by Crippen LogP contribution is 2.22. The van der Waals surface area contributed by atoms with Crippen molar-refractivity contribution in [2.75, 3.05) is 53.5 Å². The van der Waals surface area contributed by atoms with Crippen LogP contribution in [-0.2, 0) is 21.3 Å². The van der Waals surface area contributed by atoms with Crippen molar-refractivity contribution in [3.63, 3.8) is 0 Å². The predicted molar refractivity (Wildman–Crippen MR) is 120 cm³/mol. The van der Waals surface area contributed by atoms with Crippen LogP contribution in [0, 0.1) is 12.7 Å². The maximum atomic E-state index is 13.5. The van der Waals surface area contributed by atoms with Gasteiger partial charge in [0.05, 0.1) is 18.1 Å². The van der Waals surface area contributed by atoms with Gasteiger partial charge < -0.3 is 14.5 Å². The number of sulfonamides is 1. The van der Waals surface area contributed by atoms with E-state index in [0.29, 0.717) is 57.1 Å². The lowest BCUT2D eigenvalue weighted by Gasteiger charge is -2.27. The first-order chi connectivity index (χ1) is 15.2. The van der Waals surface area contributed by atoms with Crippen molar-refractivity contribution in [3.05, 3.63) is 65.0 Å². The molecule has 0 atom stereocenters.